The van der Waals surface area contributed by atoms with Crippen LogP contribution in [0.5, 0.6) is 0 Å². The van der Waals surface area contributed by atoms with E-state index in [4.69, 9.17) is 11.6 Å². The summed E-state index contributed by atoms with van der Waals surface area (Å²) in [4.78, 5) is 15.0. The number of carbonyl (C=O) groups is 1. The molecule has 26 heavy (non-hydrogen) atoms. The predicted octanol–water partition coefficient (Wildman–Crippen LogP) is 4.58. The van der Waals surface area contributed by atoms with Crippen LogP contribution in [0.3, 0.4) is 0 Å². The third-order valence-corrected chi connectivity index (χ3v) is 5.24. The van der Waals surface area contributed by atoms with Crippen LogP contribution in [-0.2, 0) is 6.42 Å². The first-order valence-corrected chi connectivity index (χ1v) is 9.25. The Morgan fingerprint density at radius 1 is 1.15 bits per heavy atom. The summed E-state index contributed by atoms with van der Waals surface area (Å²) in [7, 11) is 0. The monoisotopic (exact) mass is 365 g/mol. The molecule has 2 heterocycles. The molecule has 4 nitrogen and oxygen atoms in total. The highest BCUT2D eigenvalue weighted by molar-refractivity contribution is 6.33. The van der Waals surface area contributed by atoms with Crippen molar-refractivity contribution in [2.45, 2.75) is 25.3 Å². The average molecular weight is 366 g/mol. The Labute approximate surface area is 157 Å². The van der Waals surface area contributed by atoms with Crippen LogP contribution < -0.4 is 0 Å². The van der Waals surface area contributed by atoms with E-state index in [9.17, 15) is 4.79 Å². The van der Waals surface area contributed by atoms with Crippen LogP contribution >= 0.6 is 11.6 Å². The van der Waals surface area contributed by atoms with E-state index in [0.717, 1.165) is 31.4 Å². The first-order chi connectivity index (χ1) is 12.7. The first kappa shape index (κ1) is 16.9. The number of aromatic amines is 1. The maximum atomic E-state index is 13.0. The molecule has 2 aromatic carbocycles. The van der Waals surface area contributed by atoms with Crippen LogP contribution in [0.15, 0.2) is 60.7 Å². The molecule has 1 N–H and O–H groups in total. The van der Waals surface area contributed by atoms with E-state index in [-0.39, 0.29) is 11.9 Å². The highest BCUT2D eigenvalue weighted by Crippen LogP contribution is 2.28. The summed E-state index contributed by atoms with van der Waals surface area (Å²) in [5, 5.41) is 7.81. The van der Waals surface area contributed by atoms with Gasteiger partial charge >= 0.3 is 0 Å². The quantitative estimate of drug-likeness (QED) is 0.735. The molecule has 0 bridgehead atoms. The van der Waals surface area contributed by atoms with Gasteiger partial charge in [0.2, 0.25) is 0 Å². The van der Waals surface area contributed by atoms with E-state index in [1.165, 1.54) is 5.56 Å². The number of nitrogens with zero attached hydrogens (tertiary/aromatic N) is 2. The van der Waals surface area contributed by atoms with Gasteiger partial charge in [0.05, 0.1) is 10.7 Å². The molecule has 3 aromatic rings. The zero-order valence-corrected chi connectivity index (χ0v) is 15.1. The lowest BCUT2D eigenvalue weighted by molar-refractivity contribution is 0.0730. The topological polar surface area (TPSA) is 49.0 Å². The maximum Gasteiger partial charge on any atom is 0.272 e. The second-order valence-electron chi connectivity index (χ2n) is 6.63. The van der Waals surface area contributed by atoms with Crippen LogP contribution in [0, 0.1) is 0 Å². The number of H-pyrrole nitrogens is 1. The standard InChI is InChI=1S/C21H20ClN3O/c22-18-11-5-4-10-17(18)19-14-20(24-23-19)21(26)25-12-6-9-16(25)13-15-7-2-1-3-8-15/h1-5,7-8,10-11,14,16H,6,9,12-13H2,(H,23,24)/t16-/m1/s1. The summed E-state index contributed by atoms with van der Waals surface area (Å²) in [5.74, 6) is 0.00855. The van der Waals surface area contributed by atoms with E-state index in [1.807, 2.05) is 47.4 Å². The van der Waals surface area contributed by atoms with Crippen molar-refractivity contribution in [1.82, 2.24) is 15.1 Å². The van der Waals surface area contributed by atoms with Crippen LogP contribution in [-0.4, -0.2) is 33.6 Å². The lowest BCUT2D eigenvalue weighted by Crippen LogP contribution is -2.37. The van der Waals surface area contributed by atoms with E-state index in [1.54, 1.807) is 6.07 Å². The number of halogens is 1. The number of carbonyl (C=O) groups excluding carboxylic acids is 1. The summed E-state index contributed by atoms with van der Waals surface area (Å²) in [5.41, 5.74) is 3.29. The van der Waals surface area contributed by atoms with Crippen molar-refractivity contribution in [2.75, 3.05) is 6.54 Å². The summed E-state index contributed by atoms with van der Waals surface area (Å²) in [6, 6.07) is 19.9. The molecule has 1 amide bonds. The van der Waals surface area contributed by atoms with E-state index in [2.05, 4.69) is 22.3 Å². The average Bonchev–Trinajstić information content (AvgIpc) is 3.32. The number of rotatable bonds is 4. The normalized spacial score (nSPS) is 16.8. The molecule has 1 saturated heterocycles. The van der Waals surface area contributed by atoms with Crippen molar-refractivity contribution >= 4 is 17.5 Å². The van der Waals surface area contributed by atoms with Gasteiger partial charge in [0.15, 0.2) is 0 Å². The Morgan fingerprint density at radius 2 is 1.92 bits per heavy atom. The second kappa shape index (κ2) is 7.34. The molecule has 1 fully saturated rings. The highest BCUT2D eigenvalue weighted by Gasteiger charge is 2.30. The van der Waals surface area contributed by atoms with Gasteiger partial charge in [-0.3, -0.25) is 9.89 Å². The van der Waals surface area contributed by atoms with Gasteiger partial charge < -0.3 is 4.90 Å². The molecule has 0 radical (unpaired) electrons. The van der Waals surface area contributed by atoms with Gasteiger partial charge in [-0.25, -0.2) is 0 Å². The molecule has 0 unspecified atom stereocenters. The second-order valence-corrected chi connectivity index (χ2v) is 7.04. The van der Waals surface area contributed by atoms with Gasteiger partial charge in [-0.1, -0.05) is 60.1 Å². The largest absolute Gasteiger partial charge is 0.334 e. The summed E-state index contributed by atoms with van der Waals surface area (Å²) < 4.78 is 0. The number of aromatic nitrogens is 2. The summed E-state index contributed by atoms with van der Waals surface area (Å²) >= 11 is 6.24. The van der Waals surface area contributed by atoms with Gasteiger partial charge in [0, 0.05) is 18.2 Å². The minimum atomic E-state index is 0.00855. The van der Waals surface area contributed by atoms with Crippen molar-refractivity contribution in [1.29, 1.82) is 0 Å². The van der Waals surface area contributed by atoms with Crippen LogP contribution in [0.2, 0.25) is 5.02 Å². The lowest BCUT2D eigenvalue weighted by atomic mass is 10.0. The van der Waals surface area contributed by atoms with E-state index >= 15 is 0 Å². The zero-order chi connectivity index (χ0) is 17.9. The van der Waals surface area contributed by atoms with Crippen molar-refractivity contribution in [3.05, 3.63) is 76.9 Å². The number of hydrogen-bond acceptors (Lipinski definition) is 2. The van der Waals surface area contributed by atoms with Gasteiger partial charge in [-0.2, -0.15) is 5.10 Å². The predicted molar refractivity (Wildman–Crippen MR) is 103 cm³/mol. The van der Waals surface area contributed by atoms with Gasteiger partial charge in [0.25, 0.3) is 5.91 Å². The van der Waals surface area contributed by atoms with Gasteiger partial charge in [-0.15, -0.1) is 0 Å². The fourth-order valence-corrected chi connectivity index (χ4v) is 3.83. The van der Waals surface area contributed by atoms with Gasteiger partial charge in [-0.05, 0) is 37.0 Å². The van der Waals surface area contributed by atoms with Crippen molar-refractivity contribution in [2.24, 2.45) is 0 Å². The summed E-state index contributed by atoms with van der Waals surface area (Å²) in [6.07, 6.45) is 2.96. The lowest BCUT2D eigenvalue weighted by Gasteiger charge is -2.24. The molecule has 0 aliphatic carbocycles. The number of hydrogen-bond donors (Lipinski definition) is 1. The maximum absolute atomic E-state index is 13.0. The molecular weight excluding hydrogens is 346 g/mol. The van der Waals surface area contributed by atoms with E-state index < -0.39 is 0 Å². The third kappa shape index (κ3) is 3.37. The smallest absolute Gasteiger partial charge is 0.272 e. The summed E-state index contributed by atoms with van der Waals surface area (Å²) in [6.45, 7) is 0.788. The number of nitrogens with one attached hydrogen (secondary N) is 1. The van der Waals surface area contributed by atoms with E-state index in [0.29, 0.717) is 16.4 Å². The number of amides is 1. The Morgan fingerprint density at radius 3 is 2.73 bits per heavy atom. The molecule has 0 spiro atoms. The van der Waals surface area contributed by atoms with Crippen LogP contribution in [0.1, 0.15) is 28.9 Å². The Kier molecular flexibility index (Phi) is 4.76. The Balaban J connectivity index is 1.53. The molecule has 4 rings (SSSR count). The number of likely N-dealkylation sites (tertiary alicyclic amines) is 1. The fourth-order valence-electron chi connectivity index (χ4n) is 3.59. The number of benzene rings is 2. The Hall–Kier alpha value is -2.59. The van der Waals surface area contributed by atoms with Crippen molar-refractivity contribution < 1.29 is 4.79 Å². The Bertz CT molecular complexity index is 906. The molecule has 132 valence electrons. The van der Waals surface area contributed by atoms with Crippen molar-refractivity contribution in [3.8, 4) is 11.3 Å². The molecule has 5 heteroatoms. The fraction of sp³-hybridized carbons (Fsp3) is 0.238. The third-order valence-electron chi connectivity index (χ3n) is 4.91. The van der Waals surface area contributed by atoms with Crippen LogP contribution in [0.4, 0.5) is 0 Å². The molecule has 1 atom stereocenters. The van der Waals surface area contributed by atoms with Crippen molar-refractivity contribution in [3.63, 3.8) is 0 Å². The molecule has 1 aliphatic heterocycles. The highest BCUT2D eigenvalue weighted by atomic mass is 35.5. The molecular formula is C21H20ClN3O. The zero-order valence-electron chi connectivity index (χ0n) is 14.4. The SMILES string of the molecule is O=C(c1cc(-c2ccccc2Cl)n[nH]1)N1CCC[C@@H]1Cc1ccccc1. The molecule has 0 saturated carbocycles. The minimum Gasteiger partial charge on any atom is -0.334 e. The first-order valence-electron chi connectivity index (χ1n) is 8.87. The molecule has 1 aromatic heterocycles. The van der Waals surface area contributed by atoms with Gasteiger partial charge in [0.1, 0.15) is 5.69 Å². The minimum absolute atomic E-state index is 0.00855. The molecule has 1 aliphatic rings. The van der Waals surface area contributed by atoms with Crippen LogP contribution in [0.25, 0.3) is 11.3 Å².